The summed E-state index contributed by atoms with van der Waals surface area (Å²) in [7, 11) is 0. The summed E-state index contributed by atoms with van der Waals surface area (Å²) in [5.41, 5.74) is 2.80. The number of benzene rings is 3. The molecule has 7 nitrogen and oxygen atoms in total. The number of hydrogen-bond donors (Lipinski definition) is 0. The molecule has 2 amide bonds. The van der Waals surface area contributed by atoms with Gasteiger partial charge in [-0.15, -0.1) is 0 Å². The summed E-state index contributed by atoms with van der Waals surface area (Å²) in [5, 5.41) is 0. The minimum Gasteiger partial charge on any atom is -0.456 e. The highest BCUT2D eigenvalue weighted by molar-refractivity contribution is 6.07. The van der Waals surface area contributed by atoms with Crippen molar-refractivity contribution < 1.29 is 19.1 Å². The molecule has 0 bridgehead atoms. The molecule has 2 aliphatic heterocycles. The second-order valence-electron chi connectivity index (χ2n) is 14.8. The van der Waals surface area contributed by atoms with Crippen LogP contribution in [0.4, 0.5) is 11.4 Å². The normalized spacial score (nSPS) is 22.5. The average Bonchev–Trinajstić information content (AvgIpc) is 3.40. The molecule has 1 saturated heterocycles. The van der Waals surface area contributed by atoms with Gasteiger partial charge in [0, 0.05) is 24.5 Å². The molecule has 0 radical (unpaired) electrons. The van der Waals surface area contributed by atoms with Crippen LogP contribution in [0.15, 0.2) is 78.9 Å². The molecule has 0 atom stereocenters. The SMILES string of the molecule is CC(C)(C)OC(=O)c1ccccc1CN1CN(c2ccccc2)C2(CCC(CCCN3C(=O)C(C)(C)c4ccccc43)CC2)C1=O. The van der Waals surface area contributed by atoms with Gasteiger partial charge in [0.25, 0.3) is 0 Å². The van der Waals surface area contributed by atoms with E-state index < -0.39 is 16.6 Å². The molecule has 46 heavy (non-hydrogen) atoms. The second-order valence-corrected chi connectivity index (χ2v) is 14.8. The summed E-state index contributed by atoms with van der Waals surface area (Å²) in [6.07, 6.45) is 5.48. The monoisotopic (exact) mass is 621 g/mol. The lowest BCUT2D eigenvalue weighted by Gasteiger charge is -2.42. The van der Waals surface area contributed by atoms with E-state index in [1.807, 2.05) is 92.9 Å². The van der Waals surface area contributed by atoms with E-state index in [2.05, 4.69) is 29.2 Å². The van der Waals surface area contributed by atoms with Gasteiger partial charge in [-0.1, -0.05) is 54.6 Å². The van der Waals surface area contributed by atoms with Crippen LogP contribution < -0.4 is 9.80 Å². The molecule has 1 spiro atoms. The molecule has 0 unspecified atom stereocenters. The third-order valence-corrected chi connectivity index (χ3v) is 10.2. The van der Waals surface area contributed by atoms with Gasteiger partial charge in [-0.25, -0.2) is 4.79 Å². The van der Waals surface area contributed by atoms with Gasteiger partial charge in [0.1, 0.15) is 11.1 Å². The van der Waals surface area contributed by atoms with Crippen molar-refractivity contribution in [2.24, 2.45) is 5.92 Å². The Hall–Kier alpha value is -4.13. The van der Waals surface area contributed by atoms with Gasteiger partial charge in [0.15, 0.2) is 0 Å². The van der Waals surface area contributed by atoms with E-state index in [-0.39, 0.29) is 17.8 Å². The lowest BCUT2D eigenvalue weighted by Crippen LogP contribution is -2.51. The number of para-hydroxylation sites is 2. The third-order valence-electron chi connectivity index (χ3n) is 10.2. The fourth-order valence-corrected chi connectivity index (χ4v) is 7.72. The Labute approximate surface area is 273 Å². The van der Waals surface area contributed by atoms with E-state index in [0.717, 1.165) is 67.6 Å². The van der Waals surface area contributed by atoms with Crippen molar-refractivity contribution >= 4 is 29.2 Å². The second kappa shape index (κ2) is 12.2. The van der Waals surface area contributed by atoms with Crippen molar-refractivity contribution in [2.75, 3.05) is 23.0 Å². The van der Waals surface area contributed by atoms with Gasteiger partial charge in [-0.3, -0.25) is 9.59 Å². The highest BCUT2D eigenvalue weighted by Crippen LogP contribution is 2.46. The number of ether oxygens (including phenoxy) is 1. The Kier molecular flexibility index (Phi) is 8.47. The first-order chi connectivity index (χ1) is 21.9. The van der Waals surface area contributed by atoms with Crippen LogP contribution in [0.3, 0.4) is 0 Å². The zero-order valence-electron chi connectivity index (χ0n) is 27.9. The van der Waals surface area contributed by atoms with Crippen molar-refractivity contribution in [1.82, 2.24) is 4.90 Å². The number of fused-ring (bicyclic) bond motifs is 1. The fourth-order valence-electron chi connectivity index (χ4n) is 7.72. The molecule has 1 aliphatic carbocycles. The Bertz CT molecular complexity index is 1600. The standard InChI is InChI=1S/C39H47N3O4/c1-37(2,3)46-34(43)31-18-10-9-15-29(31)26-40-27-42(30-16-7-6-8-17-30)39(36(40)45)23-21-28(22-24-39)14-13-25-41-33-20-12-11-19-32(33)38(4,5)35(41)44/h6-12,15-20,28H,13-14,21-27H2,1-5H3. The fraction of sp³-hybridized carbons (Fsp3) is 0.462. The van der Waals surface area contributed by atoms with E-state index in [9.17, 15) is 14.4 Å². The minimum atomic E-state index is -0.606. The van der Waals surface area contributed by atoms with Gasteiger partial charge >= 0.3 is 5.97 Å². The predicted octanol–water partition coefficient (Wildman–Crippen LogP) is 7.48. The van der Waals surface area contributed by atoms with E-state index in [0.29, 0.717) is 24.7 Å². The lowest BCUT2D eigenvalue weighted by molar-refractivity contribution is -0.134. The molecular formula is C39H47N3O4. The zero-order chi connectivity index (χ0) is 32.7. The molecule has 6 rings (SSSR count). The Morgan fingerprint density at radius 1 is 0.870 bits per heavy atom. The van der Waals surface area contributed by atoms with Gasteiger partial charge in [0.05, 0.1) is 17.6 Å². The smallest absolute Gasteiger partial charge is 0.338 e. The maximum atomic E-state index is 14.4. The summed E-state index contributed by atoms with van der Waals surface area (Å²) in [6, 6.07) is 25.9. The molecule has 2 fully saturated rings. The summed E-state index contributed by atoms with van der Waals surface area (Å²) in [5.74, 6) is 0.460. The topological polar surface area (TPSA) is 70.2 Å². The van der Waals surface area contributed by atoms with Crippen molar-refractivity contribution in [1.29, 1.82) is 0 Å². The Balaban J connectivity index is 1.15. The Morgan fingerprint density at radius 3 is 2.24 bits per heavy atom. The number of nitrogens with zero attached hydrogens (tertiary/aromatic N) is 3. The first-order valence-electron chi connectivity index (χ1n) is 16.8. The number of carbonyl (C=O) groups excluding carboxylic acids is 3. The highest BCUT2D eigenvalue weighted by Gasteiger charge is 2.54. The third kappa shape index (κ3) is 5.92. The molecule has 3 aromatic rings. The van der Waals surface area contributed by atoms with Gasteiger partial charge in [-0.05, 0) is 114 Å². The largest absolute Gasteiger partial charge is 0.456 e. The molecular weight excluding hydrogens is 574 g/mol. The van der Waals surface area contributed by atoms with Crippen LogP contribution in [-0.4, -0.2) is 47.0 Å². The number of amides is 2. The molecule has 0 N–H and O–H groups in total. The summed E-state index contributed by atoms with van der Waals surface area (Å²) >= 11 is 0. The molecule has 242 valence electrons. The molecule has 7 heteroatoms. The quantitative estimate of drug-likeness (QED) is 0.244. The number of anilines is 2. The van der Waals surface area contributed by atoms with E-state index >= 15 is 0 Å². The maximum absolute atomic E-state index is 14.4. The molecule has 0 aromatic heterocycles. The van der Waals surface area contributed by atoms with Crippen LogP contribution in [0.5, 0.6) is 0 Å². The van der Waals surface area contributed by atoms with E-state index in [4.69, 9.17) is 4.74 Å². The van der Waals surface area contributed by atoms with Gasteiger partial charge < -0.3 is 19.4 Å². The summed E-state index contributed by atoms with van der Waals surface area (Å²) < 4.78 is 5.69. The number of hydrogen-bond acceptors (Lipinski definition) is 5. The van der Waals surface area contributed by atoms with E-state index in [1.54, 1.807) is 6.07 Å². The van der Waals surface area contributed by atoms with Crippen LogP contribution in [0.1, 0.15) is 94.6 Å². The van der Waals surface area contributed by atoms with Crippen LogP contribution in [0, 0.1) is 5.92 Å². The maximum Gasteiger partial charge on any atom is 0.338 e. The van der Waals surface area contributed by atoms with Crippen molar-refractivity contribution in [3.63, 3.8) is 0 Å². The van der Waals surface area contributed by atoms with Crippen molar-refractivity contribution in [2.45, 2.75) is 96.2 Å². The first kappa shape index (κ1) is 31.8. The molecule has 3 aromatic carbocycles. The lowest BCUT2D eigenvalue weighted by atomic mass is 9.74. The number of esters is 1. The molecule has 3 aliphatic rings. The van der Waals surface area contributed by atoms with E-state index in [1.165, 1.54) is 0 Å². The first-order valence-corrected chi connectivity index (χ1v) is 16.8. The van der Waals surface area contributed by atoms with Gasteiger partial charge in [-0.2, -0.15) is 0 Å². The van der Waals surface area contributed by atoms with Crippen molar-refractivity contribution in [3.8, 4) is 0 Å². The highest BCUT2D eigenvalue weighted by atomic mass is 16.6. The molecule has 1 saturated carbocycles. The van der Waals surface area contributed by atoms with Crippen LogP contribution >= 0.6 is 0 Å². The summed E-state index contributed by atoms with van der Waals surface area (Å²) in [4.78, 5) is 46.9. The summed E-state index contributed by atoms with van der Waals surface area (Å²) in [6.45, 7) is 11.2. The Morgan fingerprint density at radius 2 is 1.52 bits per heavy atom. The van der Waals surface area contributed by atoms with Crippen molar-refractivity contribution in [3.05, 3.63) is 95.6 Å². The predicted molar refractivity (Wildman–Crippen MR) is 182 cm³/mol. The minimum absolute atomic E-state index is 0.135. The zero-order valence-corrected chi connectivity index (χ0v) is 27.9. The van der Waals surface area contributed by atoms with Crippen LogP contribution in [0.2, 0.25) is 0 Å². The number of rotatable bonds is 8. The average molecular weight is 622 g/mol. The molecule has 2 heterocycles. The van der Waals surface area contributed by atoms with Crippen LogP contribution in [0.25, 0.3) is 0 Å². The number of carbonyl (C=O) groups is 3. The van der Waals surface area contributed by atoms with Gasteiger partial charge in [0.2, 0.25) is 11.8 Å². The van der Waals surface area contributed by atoms with Crippen LogP contribution in [-0.2, 0) is 26.3 Å².